The lowest BCUT2D eigenvalue weighted by Crippen LogP contribution is -2.37. The van der Waals surface area contributed by atoms with Gasteiger partial charge in [-0.3, -0.25) is 4.79 Å². The minimum absolute atomic E-state index is 0.116. The molecule has 0 unspecified atom stereocenters. The van der Waals surface area contributed by atoms with Crippen LogP contribution in [-0.4, -0.2) is 19.1 Å². The van der Waals surface area contributed by atoms with Crippen LogP contribution in [0.15, 0.2) is 57.9 Å². The Bertz CT molecular complexity index is 844. The van der Waals surface area contributed by atoms with Gasteiger partial charge in [0, 0.05) is 15.2 Å². The van der Waals surface area contributed by atoms with Crippen molar-refractivity contribution in [2.45, 2.75) is 22.5 Å². The lowest BCUT2D eigenvalue weighted by Gasteiger charge is -2.16. The van der Waals surface area contributed by atoms with Crippen LogP contribution in [0.3, 0.4) is 0 Å². The van der Waals surface area contributed by atoms with E-state index in [9.17, 15) is 13.2 Å². The van der Waals surface area contributed by atoms with Gasteiger partial charge in [-0.2, -0.15) is 0 Å². The Balaban J connectivity index is 1.87. The molecule has 3 rings (SSSR count). The van der Waals surface area contributed by atoms with Crippen LogP contribution in [0.25, 0.3) is 0 Å². The fourth-order valence-corrected chi connectivity index (χ4v) is 4.62. The Morgan fingerprint density at radius 2 is 1.61 bits per heavy atom. The molecular formula is C16H13BrClNO3S. The summed E-state index contributed by atoms with van der Waals surface area (Å²) >= 11 is 9.11. The number of anilines is 1. The van der Waals surface area contributed by atoms with Gasteiger partial charge in [0.25, 0.3) is 0 Å². The smallest absolute Gasteiger partial charge is 0.246 e. The van der Waals surface area contributed by atoms with E-state index in [1.807, 2.05) is 0 Å². The highest BCUT2D eigenvalue weighted by Crippen LogP contribution is 2.47. The van der Waals surface area contributed by atoms with Crippen molar-refractivity contribution in [1.29, 1.82) is 0 Å². The Morgan fingerprint density at radius 1 is 1.04 bits per heavy atom. The lowest BCUT2D eigenvalue weighted by molar-refractivity contribution is -0.116. The van der Waals surface area contributed by atoms with Gasteiger partial charge < -0.3 is 5.32 Å². The van der Waals surface area contributed by atoms with Crippen LogP contribution in [-0.2, 0) is 14.6 Å². The minimum Gasteiger partial charge on any atom is -0.325 e. The van der Waals surface area contributed by atoms with Gasteiger partial charge in [0.2, 0.25) is 5.91 Å². The fraction of sp³-hybridized carbons (Fsp3) is 0.188. The van der Waals surface area contributed by atoms with Gasteiger partial charge in [-0.25, -0.2) is 8.42 Å². The molecule has 4 nitrogen and oxygen atoms in total. The number of carbonyl (C=O) groups is 1. The van der Waals surface area contributed by atoms with Crippen LogP contribution in [0.5, 0.6) is 0 Å². The van der Waals surface area contributed by atoms with Crippen LogP contribution in [0.2, 0.25) is 5.02 Å². The summed E-state index contributed by atoms with van der Waals surface area (Å²) in [4.78, 5) is 12.7. The Hall–Kier alpha value is -1.37. The molecule has 0 spiro atoms. The van der Waals surface area contributed by atoms with E-state index in [-0.39, 0.29) is 4.90 Å². The molecule has 1 aliphatic rings. The van der Waals surface area contributed by atoms with Crippen molar-refractivity contribution in [2.75, 3.05) is 5.32 Å². The maximum absolute atomic E-state index is 12.8. The predicted molar refractivity (Wildman–Crippen MR) is 93.4 cm³/mol. The average Bonchev–Trinajstić information content (AvgIpc) is 3.32. The summed E-state index contributed by atoms with van der Waals surface area (Å²) in [5, 5.41) is 3.15. The van der Waals surface area contributed by atoms with E-state index in [2.05, 4.69) is 21.2 Å². The first kappa shape index (κ1) is 16.5. The van der Waals surface area contributed by atoms with Crippen molar-refractivity contribution in [1.82, 2.24) is 0 Å². The van der Waals surface area contributed by atoms with Crippen LogP contribution in [0.4, 0.5) is 5.69 Å². The van der Waals surface area contributed by atoms with E-state index in [1.165, 1.54) is 24.3 Å². The zero-order valence-corrected chi connectivity index (χ0v) is 15.1. The van der Waals surface area contributed by atoms with E-state index in [0.717, 1.165) is 4.47 Å². The van der Waals surface area contributed by atoms with E-state index in [1.54, 1.807) is 24.3 Å². The SMILES string of the molecule is O=C(Nc1ccc(Br)cc1)C1(S(=O)(=O)c2ccc(Cl)cc2)CC1. The third-order valence-electron chi connectivity index (χ3n) is 3.86. The number of benzene rings is 2. The van der Waals surface area contributed by atoms with Gasteiger partial charge in [-0.1, -0.05) is 27.5 Å². The summed E-state index contributed by atoms with van der Waals surface area (Å²) in [6, 6.07) is 12.9. The van der Waals surface area contributed by atoms with E-state index in [4.69, 9.17) is 11.6 Å². The van der Waals surface area contributed by atoms with Crippen LogP contribution in [0, 0.1) is 0 Å². The van der Waals surface area contributed by atoms with Crippen LogP contribution >= 0.6 is 27.5 Å². The van der Waals surface area contributed by atoms with Crippen molar-refractivity contribution in [3.8, 4) is 0 Å². The predicted octanol–water partition coefficient (Wildman–Crippen LogP) is 4.05. The molecule has 2 aromatic rings. The molecule has 7 heteroatoms. The first-order valence-electron chi connectivity index (χ1n) is 6.92. The molecule has 0 atom stereocenters. The molecule has 1 aliphatic carbocycles. The Labute approximate surface area is 147 Å². The van der Waals surface area contributed by atoms with Crippen molar-refractivity contribution in [2.24, 2.45) is 0 Å². The normalized spacial score (nSPS) is 15.9. The molecular weight excluding hydrogens is 402 g/mol. The summed E-state index contributed by atoms with van der Waals surface area (Å²) in [6.45, 7) is 0. The second-order valence-electron chi connectivity index (χ2n) is 5.41. The lowest BCUT2D eigenvalue weighted by atomic mass is 10.3. The fourth-order valence-electron chi connectivity index (χ4n) is 2.35. The Kier molecular flexibility index (Phi) is 4.25. The van der Waals surface area contributed by atoms with Crippen LogP contribution in [0.1, 0.15) is 12.8 Å². The molecule has 0 aliphatic heterocycles. The number of hydrogen-bond acceptors (Lipinski definition) is 3. The standard InChI is InChI=1S/C16H13BrClNO3S/c17-11-1-5-13(6-2-11)19-15(20)16(9-10-16)23(21,22)14-7-3-12(18)4-8-14/h1-8H,9-10H2,(H,19,20). The molecule has 0 saturated heterocycles. The number of halogens is 2. The number of sulfone groups is 1. The summed E-state index contributed by atoms with van der Waals surface area (Å²) in [5.41, 5.74) is 0.566. The topological polar surface area (TPSA) is 63.2 Å². The van der Waals surface area contributed by atoms with Gasteiger partial charge in [-0.05, 0) is 61.4 Å². The molecule has 0 radical (unpaired) electrons. The zero-order valence-electron chi connectivity index (χ0n) is 11.9. The van der Waals surface area contributed by atoms with E-state index < -0.39 is 20.5 Å². The molecule has 120 valence electrons. The summed E-state index contributed by atoms with van der Waals surface area (Å²) in [5.74, 6) is -0.491. The summed E-state index contributed by atoms with van der Waals surface area (Å²) < 4.78 is 25.1. The number of carbonyl (C=O) groups excluding carboxylic acids is 1. The molecule has 0 heterocycles. The van der Waals surface area contributed by atoms with Gasteiger partial charge in [0.05, 0.1) is 4.90 Å². The number of amides is 1. The quantitative estimate of drug-likeness (QED) is 0.821. The Morgan fingerprint density at radius 3 is 2.13 bits per heavy atom. The highest BCUT2D eigenvalue weighted by Gasteiger charge is 2.61. The highest BCUT2D eigenvalue weighted by molar-refractivity contribution is 9.10. The first-order valence-corrected chi connectivity index (χ1v) is 9.58. The number of rotatable bonds is 4. The van der Waals surface area contributed by atoms with Crippen molar-refractivity contribution < 1.29 is 13.2 Å². The molecule has 1 saturated carbocycles. The molecule has 1 amide bonds. The zero-order chi connectivity index (χ0) is 16.7. The summed E-state index contributed by atoms with van der Waals surface area (Å²) in [7, 11) is -3.75. The van der Waals surface area contributed by atoms with Gasteiger partial charge in [0.1, 0.15) is 0 Å². The maximum atomic E-state index is 12.8. The van der Waals surface area contributed by atoms with Gasteiger partial charge in [-0.15, -0.1) is 0 Å². The molecule has 2 aromatic carbocycles. The molecule has 23 heavy (non-hydrogen) atoms. The second kappa shape index (κ2) is 5.92. The van der Waals surface area contributed by atoms with E-state index >= 15 is 0 Å². The number of hydrogen-bond donors (Lipinski definition) is 1. The van der Waals surface area contributed by atoms with Gasteiger partial charge >= 0.3 is 0 Å². The third-order valence-corrected chi connectivity index (χ3v) is 7.15. The second-order valence-corrected chi connectivity index (χ2v) is 9.02. The van der Waals surface area contributed by atoms with Crippen molar-refractivity contribution in [3.05, 3.63) is 58.0 Å². The van der Waals surface area contributed by atoms with E-state index in [0.29, 0.717) is 23.6 Å². The summed E-state index contributed by atoms with van der Waals surface area (Å²) in [6.07, 6.45) is 0.640. The molecule has 0 aromatic heterocycles. The highest BCUT2D eigenvalue weighted by atomic mass is 79.9. The molecule has 0 bridgehead atoms. The molecule has 1 fully saturated rings. The largest absolute Gasteiger partial charge is 0.325 e. The first-order chi connectivity index (χ1) is 10.8. The minimum atomic E-state index is -3.75. The van der Waals surface area contributed by atoms with Crippen molar-refractivity contribution >= 4 is 49.0 Å². The van der Waals surface area contributed by atoms with Gasteiger partial charge in [0.15, 0.2) is 14.6 Å². The maximum Gasteiger partial charge on any atom is 0.246 e. The monoisotopic (exact) mass is 413 g/mol. The number of nitrogens with one attached hydrogen (secondary N) is 1. The van der Waals surface area contributed by atoms with Crippen molar-refractivity contribution in [3.63, 3.8) is 0 Å². The third kappa shape index (κ3) is 3.03. The molecule has 1 N–H and O–H groups in total. The van der Waals surface area contributed by atoms with Crippen LogP contribution < -0.4 is 5.32 Å². The average molecular weight is 415 g/mol.